The quantitative estimate of drug-likeness (QED) is 0.191. The molecule has 0 saturated heterocycles. The number of aromatic nitrogens is 2. The molecule has 4 aromatic carbocycles. The molecule has 0 saturated carbocycles. The van der Waals surface area contributed by atoms with Crippen molar-refractivity contribution >= 4 is 55.2 Å². The number of fused-ring (bicyclic) bond motifs is 6. The molecule has 6 aromatic rings. The summed E-state index contributed by atoms with van der Waals surface area (Å²) in [4.78, 5) is 29.9. The molecule has 204 valence electrons. The summed E-state index contributed by atoms with van der Waals surface area (Å²) in [6, 6.07) is 29.1. The van der Waals surface area contributed by atoms with Crippen LogP contribution in [0.5, 0.6) is 0 Å². The summed E-state index contributed by atoms with van der Waals surface area (Å²) >= 11 is 0. The number of hydrogen-bond acceptors (Lipinski definition) is 4. The highest BCUT2D eigenvalue weighted by molar-refractivity contribution is 6.08. The monoisotopic (exact) mass is 532 g/mol. The number of rotatable bonds is 8. The summed E-state index contributed by atoms with van der Waals surface area (Å²) < 4.78 is 0. The number of para-hydroxylation sites is 2. The van der Waals surface area contributed by atoms with Crippen LogP contribution < -0.4 is 10.6 Å². The molecule has 2 aromatic heterocycles. The molecule has 0 aliphatic rings. The highest BCUT2D eigenvalue weighted by Gasteiger charge is 2.14. The van der Waals surface area contributed by atoms with Gasteiger partial charge in [-0.25, -0.2) is 0 Å². The number of aromatic amines is 2. The van der Waals surface area contributed by atoms with E-state index in [0.29, 0.717) is 0 Å². The molecule has 6 rings (SSSR count). The van der Waals surface area contributed by atoms with Crippen molar-refractivity contribution in [3.8, 4) is 0 Å². The zero-order chi connectivity index (χ0) is 28.2. The Hall–Kier alpha value is -4.26. The number of carbonyl (C=O) groups excluding carboxylic acids is 2. The average molecular weight is 533 g/mol. The maximum absolute atomic E-state index is 11.5. The van der Waals surface area contributed by atoms with Gasteiger partial charge < -0.3 is 20.6 Å². The van der Waals surface area contributed by atoms with Gasteiger partial charge >= 0.3 is 0 Å². The van der Waals surface area contributed by atoms with Crippen LogP contribution in [0.2, 0.25) is 0 Å². The summed E-state index contributed by atoms with van der Waals surface area (Å²) in [5.41, 5.74) is 6.91. The zero-order valence-corrected chi connectivity index (χ0v) is 23.5. The molecular weight excluding hydrogens is 496 g/mol. The van der Waals surface area contributed by atoms with Crippen molar-refractivity contribution in [1.29, 1.82) is 0 Å². The molecule has 0 bridgehead atoms. The lowest BCUT2D eigenvalue weighted by atomic mass is 10.0. The van der Waals surface area contributed by atoms with E-state index in [2.05, 4.69) is 87.3 Å². The molecule has 6 nitrogen and oxygen atoms in total. The summed E-state index contributed by atoms with van der Waals surface area (Å²) in [5, 5.41) is 11.1. The first-order chi connectivity index (χ1) is 19.4. The second-order valence-corrected chi connectivity index (χ2v) is 10.4. The molecule has 0 amide bonds. The second-order valence-electron chi connectivity index (χ2n) is 10.4. The molecule has 4 N–H and O–H groups in total. The van der Waals surface area contributed by atoms with Gasteiger partial charge in [0.25, 0.3) is 0 Å². The predicted molar refractivity (Wildman–Crippen MR) is 166 cm³/mol. The Kier molecular flexibility index (Phi) is 8.10. The highest BCUT2D eigenvalue weighted by Crippen LogP contribution is 2.27. The number of ketones is 2. The summed E-state index contributed by atoms with van der Waals surface area (Å²) in [6.45, 7) is 3.26. The number of H-pyrrole nitrogens is 2. The Labute approximate surface area is 234 Å². The summed E-state index contributed by atoms with van der Waals surface area (Å²) in [7, 11) is 3.66. The van der Waals surface area contributed by atoms with E-state index >= 15 is 0 Å². The van der Waals surface area contributed by atoms with Crippen LogP contribution in [0.15, 0.2) is 84.9 Å². The normalized spacial score (nSPS) is 12.9. The van der Waals surface area contributed by atoms with Crippen molar-refractivity contribution in [3.63, 3.8) is 0 Å². The Morgan fingerprint density at radius 2 is 1.02 bits per heavy atom. The van der Waals surface area contributed by atoms with Crippen LogP contribution in [0.3, 0.4) is 0 Å². The molecule has 0 spiro atoms. The molecule has 2 unspecified atom stereocenters. The second kappa shape index (κ2) is 11.9. The fourth-order valence-corrected chi connectivity index (χ4v) is 5.42. The van der Waals surface area contributed by atoms with Gasteiger partial charge in [0.05, 0.1) is 12.1 Å². The van der Waals surface area contributed by atoms with E-state index in [4.69, 9.17) is 0 Å². The number of Topliss-reactive ketones (excluding diaryl/α,β-unsaturated/α-hetero) is 2. The third-order valence-corrected chi connectivity index (χ3v) is 7.70. The van der Waals surface area contributed by atoms with Crippen LogP contribution in [0, 0.1) is 0 Å². The van der Waals surface area contributed by atoms with Crippen molar-refractivity contribution in [1.82, 2.24) is 20.6 Å². The summed E-state index contributed by atoms with van der Waals surface area (Å²) in [5.74, 6) is 0.343. The SMILES string of the molecule is CNC(Cc1ccc2[nH]c3ccccc3c2c1)C(C)=O.CNC(Cc1ccc2c(c1)[nH]c1ccccc12)C(C)=O. The Bertz CT molecular complexity index is 1810. The minimum atomic E-state index is -0.114. The van der Waals surface area contributed by atoms with E-state index < -0.39 is 0 Å². The maximum Gasteiger partial charge on any atom is 0.147 e. The number of benzene rings is 4. The van der Waals surface area contributed by atoms with Crippen molar-refractivity contribution in [2.75, 3.05) is 14.1 Å². The molecule has 0 radical (unpaired) electrons. The van der Waals surface area contributed by atoms with E-state index in [9.17, 15) is 9.59 Å². The first-order valence-electron chi connectivity index (χ1n) is 13.7. The van der Waals surface area contributed by atoms with Crippen molar-refractivity contribution in [2.24, 2.45) is 0 Å². The van der Waals surface area contributed by atoms with Gasteiger partial charge in [0.1, 0.15) is 11.6 Å². The molecule has 0 aliphatic heterocycles. The van der Waals surface area contributed by atoms with E-state index in [1.165, 1.54) is 32.7 Å². The molecular formula is C34H36N4O2. The van der Waals surface area contributed by atoms with Gasteiger partial charge in [-0.3, -0.25) is 9.59 Å². The Morgan fingerprint density at radius 3 is 1.60 bits per heavy atom. The van der Waals surface area contributed by atoms with E-state index in [-0.39, 0.29) is 23.7 Å². The van der Waals surface area contributed by atoms with Crippen molar-refractivity contribution < 1.29 is 9.59 Å². The fourth-order valence-electron chi connectivity index (χ4n) is 5.42. The Balaban J connectivity index is 0.000000161. The number of carbonyl (C=O) groups is 2. The summed E-state index contributed by atoms with van der Waals surface area (Å²) in [6.07, 6.45) is 1.44. The lowest BCUT2D eigenvalue weighted by Crippen LogP contribution is -2.34. The average Bonchev–Trinajstić information content (AvgIpc) is 3.52. The van der Waals surface area contributed by atoms with E-state index in [1.54, 1.807) is 13.8 Å². The minimum absolute atomic E-state index is 0.113. The van der Waals surface area contributed by atoms with Crippen molar-refractivity contribution in [2.45, 2.75) is 38.8 Å². The maximum atomic E-state index is 11.5. The predicted octanol–water partition coefficient (Wildman–Crippen LogP) is 6.08. The first kappa shape index (κ1) is 27.3. The largest absolute Gasteiger partial charge is 0.355 e. The molecule has 0 fully saturated rings. The molecule has 40 heavy (non-hydrogen) atoms. The fraction of sp³-hybridized carbons (Fsp3) is 0.235. The smallest absolute Gasteiger partial charge is 0.147 e. The van der Waals surface area contributed by atoms with Crippen LogP contribution in [0.4, 0.5) is 0 Å². The third kappa shape index (κ3) is 5.69. The molecule has 0 aliphatic carbocycles. The minimum Gasteiger partial charge on any atom is -0.355 e. The van der Waals surface area contributed by atoms with Crippen LogP contribution in [-0.4, -0.2) is 47.7 Å². The lowest BCUT2D eigenvalue weighted by Gasteiger charge is -2.12. The number of nitrogens with one attached hydrogen (secondary N) is 4. The van der Waals surface area contributed by atoms with Gasteiger partial charge in [-0.2, -0.15) is 0 Å². The topological polar surface area (TPSA) is 89.8 Å². The zero-order valence-electron chi connectivity index (χ0n) is 23.5. The lowest BCUT2D eigenvalue weighted by molar-refractivity contribution is -0.119. The first-order valence-corrected chi connectivity index (χ1v) is 13.7. The van der Waals surface area contributed by atoms with Crippen LogP contribution in [-0.2, 0) is 22.4 Å². The standard InChI is InChI=1S/2C17H18N2O/c1-11(20)17(18-2)10-12-7-8-16-14(9-12)13-5-3-4-6-15(13)19-16;1-11(20)16(18-2)9-12-7-8-14-13-5-3-4-6-15(13)19-17(14)10-12/h3-9,17-19H,10H2,1-2H3;3-8,10,16,18-19H,9H2,1-2H3. The van der Waals surface area contributed by atoms with Crippen LogP contribution in [0.25, 0.3) is 43.6 Å². The molecule has 2 heterocycles. The van der Waals surface area contributed by atoms with Crippen LogP contribution >= 0.6 is 0 Å². The number of hydrogen-bond donors (Lipinski definition) is 4. The van der Waals surface area contributed by atoms with E-state index in [0.717, 1.165) is 34.9 Å². The van der Waals surface area contributed by atoms with E-state index in [1.807, 2.05) is 32.3 Å². The van der Waals surface area contributed by atoms with Gasteiger partial charge in [-0.05, 0) is 82.2 Å². The van der Waals surface area contributed by atoms with Gasteiger partial charge in [-0.1, -0.05) is 54.6 Å². The molecule has 6 heteroatoms. The van der Waals surface area contributed by atoms with Crippen LogP contribution in [0.1, 0.15) is 25.0 Å². The highest BCUT2D eigenvalue weighted by atomic mass is 16.1. The van der Waals surface area contributed by atoms with Gasteiger partial charge in [-0.15, -0.1) is 0 Å². The van der Waals surface area contributed by atoms with Gasteiger partial charge in [0.15, 0.2) is 0 Å². The van der Waals surface area contributed by atoms with Gasteiger partial charge in [0.2, 0.25) is 0 Å². The molecule has 2 atom stereocenters. The van der Waals surface area contributed by atoms with Crippen molar-refractivity contribution in [3.05, 3.63) is 96.1 Å². The number of likely N-dealkylation sites (N-methyl/N-ethyl adjacent to an activating group) is 2. The third-order valence-electron chi connectivity index (χ3n) is 7.70. The Morgan fingerprint density at radius 1 is 0.575 bits per heavy atom. The van der Waals surface area contributed by atoms with Gasteiger partial charge in [0, 0.05) is 43.6 Å².